The molecule has 1 aliphatic heterocycles. The van der Waals surface area contributed by atoms with Crippen LogP contribution < -0.4 is 0 Å². The van der Waals surface area contributed by atoms with Gasteiger partial charge >= 0.3 is 5.97 Å². The van der Waals surface area contributed by atoms with E-state index in [0.717, 1.165) is 27.6 Å². The quantitative estimate of drug-likeness (QED) is 0.542. The summed E-state index contributed by atoms with van der Waals surface area (Å²) < 4.78 is 5.26. The van der Waals surface area contributed by atoms with Gasteiger partial charge in [-0.1, -0.05) is 42.5 Å². The van der Waals surface area contributed by atoms with Crippen molar-refractivity contribution in [2.24, 2.45) is 0 Å². The maximum Gasteiger partial charge on any atom is 0.339 e. The van der Waals surface area contributed by atoms with Crippen LogP contribution in [0.1, 0.15) is 16.7 Å². The standard InChI is InChI=1S/C18H13NO2/c20-18-16(14-6-2-1-5-12(14)11-21-18)9-13-10-19-17-8-4-3-7-15(13)17/h1-10,19H,11H2/b16-9+. The Morgan fingerprint density at radius 1 is 1.05 bits per heavy atom. The van der Waals surface area contributed by atoms with E-state index in [-0.39, 0.29) is 5.97 Å². The van der Waals surface area contributed by atoms with Gasteiger partial charge < -0.3 is 9.72 Å². The predicted octanol–water partition coefficient (Wildman–Crippen LogP) is 3.77. The molecule has 2 heterocycles. The molecule has 0 spiro atoms. The molecular formula is C18H13NO2. The molecule has 0 bridgehead atoms. The number of carbonyl (C=O) groups is 1. The van der Waals surface area contributed by atoms with E-state index in [1.165, 1.54) is 0 Å². The Morgan fingerprint density at radius 3 is 2.81 bits per heavy atom. The number of esters is 1. The third-order valence-electron chi connectivity index (χ3n) is 3.81. The second-order valence-electron chi connectivity index (χ2n) is 5.08. The zero-order valence-corrected chi connectivity index (χ0v) is 11.3. The van der Waals surface area contributed by atoms with Crippen LogP contribution in [-0.4, -0.2) is 11.0 Å². The Morgan fingerprint density at radius 2 is 1.86 bits per heavy atom. The Labute approximate surface area is 121 Å². The number of ether oxygens (including phenoxy) is 1. The minimum absolute atomic E-state index is 0.265. The van der Waals surface area contributed by atoms with Crippen molar-refractivity contribution in [1.82, 2.24) is 4.98 Å². The highest BCUT2D eigenvalue weighted by atomic mass is 16.5. The monoisotopic (exact) mass is 275 g/mol. The fourth-order valence-electron chi connectivity index (χ4n) is 2.75. The molecule has 0 amide bonds. The molecule has 1 aromatic heterocycles. The topological polar surface area (TPSA) is 42.1 Å². The Balaban J connectivity index is 1.91. The first-order valence-electron chi connectivity index (χ1n) is 6.86. The number of hydrogen-bond donors (Lipinski definition) is 1. The van der Waals surface area contributed by atoms with Crippen LogP contribution in [0.4, 0.5) is 0 Å². The summed E-state index contributed by atoms with van der Waals surface area (Å²) in [5, 5.41) is 1.10. The number of fused-ring (bicyclic) bond motifs is 2. The van der Waals surface area contributed by atoms with Crippen LogP contribution in [0.5, 0.6) is 0 Å². The van der Waals surface area contributed by atoms with Gasteiger partial charge in [-0.2, -0.15) is 0 Å². The van der Waals surface area contributed by atoms with E-state index >= 15 is 0 Å². The van der Waals surface area contributed by atoms with Gasteiger partial charge in [-0.3, -0.25) is 0 Å². The van der Waals surface area contributed by atoms with Gasteiger partial charge in [0.05, 0.1) is 5.57 Å². The minimum Gasteiger partial charge on any atom is -0.457 e. The summed E-state index contributed by atoms with van der Waals surface area (Å²) in [4.78, 5) is 15.3. The summed E-state index contributed by atoms with van der Waals surface area (Å²) in [7, 11) is 0. The van der Waals surface area contributed by atoms with Gasteiger partial charge in [-0.25, -0.2) is 4.79 Å². The third-order valence-corrected chi connectivity index (χ3v) is 3.81. The van der Waals surface area contributed by atoms with Gasteiger partial charge in [-0.05, 0) is 23.3 Å². The Bertz CT molecular complexity index is 874. The largest absolute Gasteiger partial charge is 0.457 e. The number of hydrogen-bond acceptors (Lipinski definition) is 2. The maximum atomic E-state index is 12.1. The van der Waals surface area contributed by atoms with E-state index in [1.807, 2.05) is 60.8 Å². The highest BCUT2D eigenvalue weighted by Gasteiger charge is 2.22. The van der Waals surface area contributed by atoms with Crippen LogP contribution in [0.3, 0.4) is 0 Å². The molecule has 0 radical (unpaired) electrons. The van der Waals surface area contributed by atoms with Crippen molar-refractivity contribution in [1.29, 1.82) is 0 Å². The first-order chi connectivity index (χ1) is 10.3. The van der Waals surface area contributed by atoms with Crippen molar-refractivity contribution in [3.8, 4) is 0 Å². The number of aromatic nitrogens is 1. The lowest BCUT2D eigenvalue weighted by Crippen LogP contribution is -2.15. The molecule has 0 aliphatic carbocycles. The molecule has 0 saturated heterocycles. The zero-order chi connectivity index (χ0) is 14.2. The summed E-state index contributed by atoms with van der Waals surface area (Å²) in [6, 6.07) is 15.9. The first kappa shape index (κ1) is 12.0. The van der Waals surface area contributed by atoms with Crippen LogP contribution in [0.2, 0.25) is 0 Å². The number of carbonyl (C=O) groups excluding carboxylic acids is 1. The molecule has 4 rings (SSSR count). The molecular weight excluding hydrogens is 262 g/mol. The van der Waals surface area contributed by atoms with E-state index in [2.05, 4.69) is 4.98 Å². The fraction of sp³-hybridized carbons (Fsp3) is 0.0556. The molecule has 3 nitrogen and oxygen atoms in total. The van der Waals surface area contributed by atoms with Gasteiger partial charge in [-0.15, -0.1) is 0 Å². The van der Waals surface area contributed by atoms with Crippen molar-refractivity contribution >= 4 is 28.5 Å². The van der Waals surface area contributed by atoms with Crippen LogP contribution in [-0.2, 0) is 16.1 Å². The van der Waals surface area contributed by atoms with E-state index < -0.39 is 0 Å². The Hall–Kier alpha value is -2.81. The van der Waals surface area contributed by atoms with E-state index in [4.69, 9.17) is 4.74 Å². The van der Waals surface area contributed by atoms with Crippen LogP contribution in [0, 0.1) is 0 Å². The molecule has 3 heteroatoms. The highest BCUT2D eigenvalue weighted by molar-refractivity contribution is 6.23. The summed E-state index contributed by atoms with van der Waals surface area (Å²) in [5.74, 6) is -0.265. The highest BCUT2D eigenvalue weighted by Crippen LogP contribution is 2.30. The first-order valence-corrected chi connectivity index (χ1v) is 6.86. The number of H-pyrrole nitrogens is 1. The maximum absolute atomic E-state index is 12.1. The van der Waals surface area contributed by atoms with Crippen molar-refractivity contribution in [3.63, 3.8) is 0 Å². The number of aromatic amines is 1. The van der Waals surface area contributed by atoms with Gasteiger partial charge in [0, 0.05) is 22.7 Å². The number of para-hydroxylation sites is 1. The molecule has 0 atom stereocenters. The second kappa shape index (κ2) is 4.63. The van der Waals surface area contributed by atoms with Crippen molar-refractivity contribution in [3.05, 3.63) is 71.4 Å². The molecule has 3 aromatic rings. The second-order valence-corrected chi connectivity index (χ2v) is 5.08. The third kappa shape index (κ3) is 1.94. The number of rotatable bonds is 1. The molecule has 0 fully saturated rings. The van der Waals surface area contributed by atoms with E-state index in [1.54, 1.807) is 0 Å². The van der Waals surface area contributed by atoms with Gasteiger partial charge in [0.1, 0.15) is 6.61 Å². The molecule has 2 aromatic carbocycles. The van der Waals surface area contributed by atoms with Crippen molar-refractivity contribution in [2.45, 2.75) is 6.61 Å². The van der Waals surface area contributed by atoms with E-state index in [9.17, 15) is 4.79 Å². The van der Waals surface area contributed by atoms with Crippen molar-refractivity contribution < 1.29 is 9.53 Å². The lowest BCUT2D eigenvalue weighted by Gasteiger charge is -2.18. The van der Waals surface area contributed by atoms with Crippen LogP contribution >= 0.6 is 0 Å². The summed E-state index contributed by atoms with van der Waals surface area (Å²) in [5.41, 5.74) is 4.67. The van der Waals surface area contributed by atoms with Gasteiger partial charge in [0.15, 0.2) is 0 Å². The number of cyclic esters (lactones) is 1. The molecule has 102 valence electrons. The van der Waals surface area contributed by atoms with Gasteiger partial charge in [0.2, 0.25) is 0 Å². The Kier molecular flexibility index (Phi) is 2.64. The lowest BCUT2D eigenvalue weighted by atomic mass is 9.96. The molecule has 21 heavy (non-hydrogen) atoms. The summed E-state index contributed by atoms with van der Waals surface area (Å²) >= 11 is 0. The molecule has 0 unspecified atom stereocenters. The average Bonchev–Trinajstić information content (AvgIpc) is 2.93. The molecule has 1 N–H and O–H groups in total. The fourth-order valence-corrected chi connectivity index (χ4v) is 2.75. The SMILES string of the molecule is O=C1OCc2ccccc2/C1=C\c1c[nH]c2ccccc12. The summed E-state index contributed by atoms with van der Waals surface area (Å²) in [6.07, 6.45) is 3.82. The lowest BCUT2D eigenvalue weighted by molar-refractivity contribution is -0.138. The molecule has 0 saturated carbocycles. The van der Waals surface area contributed by atoms with Gasteiger partial charge in [0.25, 0.3) is 0 Å². The smallest absolute Gasteiger partial charge is 0.339 e. The number of nitrogens with one attached hydrogen (secondary N) is 1. The van der Waals surface area contributed by atoms with Crippen LogP contribution in [0.15, 0.2) is 54.7 Å². The normalized spacial score (nSPS) is 16.0. The zero-order valence-electron chi connectivity index (χ0n) is 11.3. The average molecular weight is 275 g/mol. The molecule has 1 aliphatic rings. The van der Waals surface area contributed by atoms with E-state index in [0.29, 0.717) is 12.2 Å². The van der Waals surface area contributed by atoms with Crippen molar-refractivity contribution in [2.75, 3.05) is 0 Å². The minimum atomic E-state index is -0.265. The predicted molar refractivity (Wildman–Crippen MR) is 82.4 cm³/mol. The number of benzene rings is 2. The van der Waals surface area contributed by atoms with Crippen LogP contribution in [0.25, 0.3) is 22.6 Å². The summed E-state index contributed by atoms with van der Waals surface area (Å²) in [6.45, 7) is 0.347.